The molecule has 0 aliphatic heterocycles. The molecule has 4 aromatic rings. The maximum Gasteiger partial charge on any atom is 0.149 e. The normalized spacial score (nSPS) is 12.1. The first-order valence-electron chi connectivity index (χ1n) is 8.68. The van der Waals surface area contributed by atoms with Crippen molar-refractivity contribution in [3.8, 4) is 0 Å². The summed E-state index contributed by atoms with van der Waals surface area (Å²) in [6.45, 7) is 4.08. The van der Waals surface area contributed by atoms with E-state index < -0.39 is 0 Å². The van der Waals surface area contributed by atoms with Gasteiger partial charge in [-0.05, 0) is 43.7 Å². The number of aromatic nitrogens is 3. The van der Waals surface area contributed by atoms with E-state index in [-0.39, 0.29) is 6.04 Å². The number of hydrogen-bond acceptors (Lipinski definition) is 4. The number of aryl methyl sites for hydroxylation is 2. The summed E-state index contributed by atoms with van der Waals surface area (Å²) < 4.78 is 0. The van der Waals surface area contributed by atoms with E-state index in [1.807, 2.05) is 55.6 Å². The van der Waals surface area contributed by atoms with Crippen LogP contribution in [0.4, 0.5) is 5.82 Å². The summed E-state index contributed by atoms with van der Waals surface area (Å²) >= 11 is 0. The van der Waals surface area contributed by atoms with E-state index in [9.17, 15) is 0 Å². The Hall–Kier alpha value is -3.27. The fourth-order valence-electron chi connectivity index (χ4n) is 3.09. The Balaban J connectivity index is 1.79. The molecule has 26 heavy (non-hydrogen) atoms. The van der Waals surface area contributed by atoms with E-state index in [2.05, 4.69) is 46.5 Å². The Morgan fingerprint density at radius 2 is 1.58 bits per heavy atom. The average molecular weight is 340 g/mol. The van der Waals surface area contributed by atoms with E-state index in [0.29, 0.717) is 0 Å². The zero-order valence-electron chi connectivity index (χ0n) is 14.8. The molecular weight excluding hydrogens is 320 g/mol. The van der Waals surface area contributed by atoms with Gasteiger partial charge in [-0.3, -0.25) is 4.98 Å². The topological polar surface area (TPSA) is 50.7 Å². The summed E-state index contributed by atoms with van der Waals surface area (Å²) in [4.78, 5) is 14.0. The molecule has 128 valence electrons. The van der Waals surface area contributed by atoms with Crippen molar-refractivity contribution in [3.63, 3.8) is 0 Å². The molecule has 0 aliphatic rings. The number of nitrogens with one attached hydrogen (secondary N) is 1. The summed E-state index contributed by atoms with van der Waals surface area (Å²) in [5.74, 6) is 0.779. The average Bonchev–Trinajstić information content (AvgIpc) is 2.67. The van der Waals surface area contributed by atoms with Crippen molar-refractivity contribution in [1.29, 1.82) is 0 Å². The van der Waals surface area contributed by atoms with Gasteiger partial charge in [0.15, 0.2) is 0 Å². The van der Waals surface area contributed by atoms with E-state index in [4.69, 9.17) is 4.98 Å². The highest BCUT2D eigenvalue weighted by Gasteiger charge is 2.18. The van der Waals surface area contributed by atoms with E-state index in [1.54, 1.807) is 0 Å². The lowest BCUT2D eigenvalue weighted by Gasteiger charge is -2.21. The summed E-state index contributed by atoms with van der Waals surface area (Å²) in [5.41, 5.74) is 5.97. The summed E-state index contributed by atoms with van der Waals surface area (Å²) in [6, 6.07) is 22.3. The lowest BCUT2D eigenvalue weighted by atomic mass is 10.0. The van der Waals surface area contributed by atoms with Gasteiger partial charge >= 0.3 is 0 Å². The molecule has 0 spiro atoms. The minimum atomic E-state index is -0.0923. The molecule has 0 radical (unpaired) electrons. The van der Waals surface area contributed by atoms with Crippen molar-refractivity contribution in [3.05, 3.63) is 95.4 Å². The van der Waals surface area contributed by atoms with Crippen LogP contribution < -0.4 is 5.32 Å². The van der Waals surface area contributed by atoms with Gasteiger partial charge in [0.2, 0.25) is 0 Å². The third-order valence-electron chi connectivity index (χ3n) is 4.38. The predicted octanol–water partition coefficient (Wildman–Crippen LogP) is 4.84. The molecule has 4 heteroatoms. The third kappa shape index (κ3) is 3.26. The van der Waals surface area contributed by atoms with Crippen LogP contribution in [0, 0.1) is 13.8 Å². The number of fused-ring (bicyclic) bond motifs is 1. The van der Waals surface area contributed by atoms with Crippen molar-refractivity contribution in [1.82, 2.24) is 15.0 Å². The lowest BCUT2D eigenvalue weighted by Crippen LogP contribution is -2.16. The SMILES string of the molecule is Cc1cccc(C(Nc2nc3ccccc3nc2C)c2ccccn2)c1. The molecule has 2 heterocycles. The highest BCUT2D eigenvalue weighted by Crippen LogP contribution is 2.27. The molecule has 0 saturated carbocycles. The molecule has 0 aliphatic carbocycles. The minimum absolute atomic E-state index is 0.0923. The van der Waals surface area contributed by atoms with Gasteiger partial charge in [-0.15, -0.1) is 0 Å². The highest BCUT2D eigenvalue weighted by molar-refractivity contribution is 5.76. The Morgan fingerprint density at radius 1 is 0.808 bits per heavy atom. The van der Waals surface area contributed by atoms with Crippen LogP contribution in [-0.4, -0.2) is 15.0 Å². The summed E-state index contributed by atoms with van der Waals surface area (Å²) in [7, 11) is 0. The second kappa shape index (κ2) is 6.92. The predicted molar refractivity (Wildman–Crippen MR) is 105 cm³/mol. The van der Waals surface area contributed by atoms with Crippen molar-refractivity contribution in [2.45, 2.75) is 19.9 Å². The van der Waals surface area contributed by atoms with Crippen molar-refractivity contribution >= 4 is 16.9 Å². The Morgan fingerprint density at radius 3 is 2.31 bits per heavy atom. The van der Waals surface area contributed by atoms with Gasteiger partial charge in [-0.2, -0.15) is 0 Å². The molecule has 0 fully saturated rings. The molecule has 4 nitrogen and oxygen atoms in total. The third-order valence-corrected chi connectivity index (χ3v) is 4.38. The van der Waals surface area contributed by atoms with Crippen LogP contribution in [0.3, 0.4) is 0 Å². The first kappa shape index (κ1) is 16.2. The van der Waals surface area contributed by atoms with Gasteiger partial charge in [-0.1, -0.05) is 48.0 Å². The Labute approximate surface area is 153 Å². The van der Waals surface area contributed by atoms with Gasteiger partial charge < -0.3 is 5.32 Å². The van der Waals surface area contributed by atoms with Crippen LogP contribution in [0.5, 0.6) is 0 Å². The smallest absolute Gasteiger partial charge is 0.149 e. The van der Waals surface area contributed by atoms with Crippen LogP contribution in [-0.2, 0) is 0 Å². The van der Waals surface area contributed by atoms with Gasteiger partial charge in [-0.25, -0.2) is 9.97 Å². The van der Waals surface area contributed by atoms with Crippen molar-refractivity contribution in [2.75, 3.05) is 5.32 Å². The number of hydrogen-bond donors (Lipinski definition) is 1. The quantitative estimate of drug-likeness (QED) is 0.577. The number of pyridine rings is 1. The Bertz CT molecular complexity index is 1040. The molecule has 0 bridgehead atoms. The molecular formula is C22H20N4. The molecule has 1 N–H and O–H groups in total. The monoisotopic (exact) mass is 340 g/mol. The first-order chi connectivity index (χ1) is 12.7. The van der Waals surface area contributed by atoms with Gasteiger partial charge in [0.1, 0.15) is 5.82 Å². The number of anilines is 1. The number of rotatable bonds is 4. The zero-order valence-corrected chi connectivity index (χ0v) is 14.8. The van der Waals surface area contributed by atoms with Crippen LogP contribution in [0.2, 0.25) is 0 Å². The van der Waals surface area contributed by atoms with E-state index >= 15 is 0 Å². The zero-order chi connectivity index (χ0) is 17.9. The van der Waals surface area contributed by atoms with Crippen LogP contribution in [0.25, 0.3) is 11.0 Å². The van der Waals surface area contributed by atoms with Crippen LogP contribution in [0.1, 0.15) is 28.6 Å². The van der Waals surface area contributed by atoms with E-state index in [0.717, 1.165) is 33.8 Å². The number of benzene rings is 2. The van der Waals surface area contributed by atoms with Crippen LogP contribution >= 0.6 is 0 Å². The maximum atomic E-state index is 4.79. The van der Waals surface area contributed by atoms with Gasteiger partial charge in [0.25, 0.3) is 0 Å². The minimum Gasteiger partial charge on any atom is -0.356 e. The fraction of sp³-hybridized carbons (Fsp3) is 0.136. The number of para-hydroxylation sites is 2. The summed E-state index contributed by atoms with van der Waals surface area (Å²) in [6.07, 6.45) is 1.82. The first-order valence-corrected chi connectivity index (χ1v) is 8.68. The molecule has 1 unspecified atom stereocenters. The largest absolute Gasteiger partial charge is 0.356 e. The van der Waals surface area contributed by atoms with E-state index in [1.165, 1.54) is 5.56 Å². The standard InChI is InChI=1S/C22H20N4/c1-15-8-7-9-17(14-15)21(20-12-5-6-13-23-20)26-22-16(2)24-18-10-3-4-11-19(18)25-22/h3-14,21H,1-2H3,(H,25,26). The summed E-state index contributed by atoms with van der Waals surface area (Å²) in [5, 5.41) is 3.56. The molecule has 0 saturated heterocycles. The second-order valence-electron chi connectivity index (χ2n) is 6.39. The van der Waals surface area contributed by atoms with Gasteiger partial charge in [0.05, 0.1) is 28.5 Å². The highest BCUT2D eigenvalue weighted by atomic mass is 15.1. The molecule has 2 aromatic carbocycles. The molecule has 0 amide bonds. The van der Waals surface area contributed by atoms with Gasteiger partial charge in [0, 0.05) is 6.20 Å². The number of nitrogens with zero attached hydrogens (tertiary/aromatic N) is 3. The van der Waals surface area contributed by atoms with Crippen molar-refractivity contribution < 1.29 is 0 Å². The fourth-order valence-corrected chi connectivity index (χ4v) is 3.09. The molecule has 2 aromatic heterocycles. The van der Waals surface area contributed by atoms with Crippen molar-refractivity contribution in [2.24, 2.45) is 0 Å². The lowest BCUT2D eigenvalue weighted by molar-refractivity contribution is 0.872. The maximum absolute atomic E-state index is 4.79. The Kier molecular flexibility index (Phi) is 4.32. The molecule has 1 atom stereocenters. The molecule has 4 rings (SSSR count). The van der Waals surface area contributed by atoms with Crippen LogP contribution in [0.15, 0.2) is 72.9 Å². The second-order valence-corrected chi connectivity index (χ2v) is 6.39.